The van der Waals surface area contributed by atoms with Crippen molar-refractivity contribution in [3.8, 4) is 0 Å². The standard InChI is InChI=1S/C20H22N4/c1-4-16-10-12-17(13-11-16)22-20-21-15(2)14-19(23-20)24(3)18-8-6-5-7-9-18/h5-14H,4H2,1-3H3,(H,21,22,23). The van der Waals surface area contributed by atoms with Crippen LogP contribution in [0.5, 0.6) is 0 Å². The number of nitrogens with one attached hydrogen (secondary N) is 1. The van der Waals surface area contributed by atoms with Gasteiger partial charge in [0.2, 0.25) is 5.95 Å². The second-order valence-corrected chi connectivity index (χ2v) is 5.76. The van der Waals surface area contributed by atoms with E-state index in [9.17, 15) is 0 Å². The van der Waals surface area contributed by atoms with E-state index >= 15 is 0 Å². The number of aromatic nitrogens is 2. The van der Waals surface area contributed by atoms with Gasteiger partial charge in [-0.05, 0) is 43.2 Å². The van der Waals surface area contributed by atoms with Gasteiger partial charge in [0.05, 0.1) is 0 Å². The lowest BCUT2D eigenvalue weighted by Gasteiger charge is -2.19. The second-order valence-electron chi connectivity index (χ2n) is 5.76. The van der Waals surface area contributed by atoms with Crippen molar-refractivity contribution >= 4 is 23.1 Å². The Morgan fingerprint density at radius 3 is 2.33 bits per heavy atom. The lowest BCUT2D eigenvalue weighted by molar-refractivity contribution is 1.05. The summed E-state index contributed by atoms with van der Waals surface area (Å²) in [5.74, 6) is 1.47. The summed E-state index contributed by atoms with van der Waals surface area (Å²) in [6.45, 7) is 4.13. The number of para-hydroxylation sites is 1. The molecule has 122 valence electrons. The number of hydrogen-bond donors (Lipinski definition) is 1. The molecular weight excluding hydrogens is 296 g/mol. The second kappa shape index (κ2) is 7.13. The minimum Gasteiger partial charge on any atom is -0.329 e. The van der Waals surface area contributed by atoms with Gasteiger partial charge in [0.1, 0.15) is 5.82 Å². The van der Waals surface area contributed by atoms with Crippen molar-refractivity contribution in [1.82, 2.24) is 9.97 Å². The van der Waals surface area contributed by atoms with Crippen molar-refractivity contribution in [2.45, 2.75) is 20.3 Å². The maximum Gasteiger partial charge on any atom is 0.229 e. The van der Waals surface area contributed by atoms with E-state index in [1.807, 2.05) is 38.2 Å². The Labute approximate surface area is 143 Å². The molecule has 3 rings (SSSR count). The van der Waals surface area contributed by atoms with Crippen molar-refractivity contribution in [1.29, 1.82) is 0 Å². The van der Waals surface area contributed by atoms with Crippen LogP contribution < -0.4 is 10.2 Å². The summed E-state index contributed by atoms with van der Waals surface area (Å²) in [6.07, 6.45) is 1.03. The predicted molar refractivity (Wildman–Crippen MR) is 100 cm³/mol. The first-order valence-electron chi connectivity index (χ1n) is 8.16. The Morgan fingerprint density at radius 1 is 0.958 bits per heavy atom. The van der Waals surface area contributed by atoms with Crippen molar-refractivity contribution < 1.29 is 0 Å². The fraction of sp³-hybridized carbons (Fsp3) is 0.200. The Bertz CT molecular complexity index is 798. The molecule has 3 aromatic rings. The first-order valence-corrected chi connectivity index (χ1v) is 8.16. The van der Waals surface area contributed by atoms with Gasteiger partial charge >= 0.3 is 0 Å². The highest BCUT2D eigenvalue weighted by Gasteiger charge is 2.09. The molecule has 1 heterocycles. The lowest BCUT2D eigenvalue weighted by atomic mass is 10.1. The van der Waals surface area contributed by atoms with E-state index in [1.54, 1.807) is 0 Å². The quantitative estimate of drug-likeness (QED) is 0.729. The molecule has 0 bridgehead atoms. The summed E-state index contributed by atoms with van der Waals surface area (Å²) in [6, 6.07) is 20.5. The Hall–Kier alpha value is -2.88. The highest BCUT2D eigenvalue weighted by Crippen LogP contribution is 2.24. The van der Waals surface area contributed by atoms with E-state index < -0.39 is 0 Å². The highest BCUT2D eigenvalue weighted by atomic mass is 15.2. The number of benzene rings is 2. The van der Waals surface area contributed by atoms with Crippen LogP contribution in [0.15, 0.2) is 60.7 Å². The third-order valence-electron chi connectivity index (χ3n) is 3.95. The average molecular weight is 318 g/mol. The van der Waals surface area contributed by atoms with Crippen molar-refractivity contribution in [3.63, 3.8) is 0 Å². The van der Waals surface area contributed by atoms with E-state index in [1.165, 1.54) is 5.56 Å². The fourth-order valence-corrected chi connectivity index (χ4v) is 2.52. The zero-order chi connectivity index (χ0) is 16.9. The minimum absolute atomic E-state index is 0.608. The average Bonchev–Trinajstić information content (AvgIpc) is 2.62. The molecule has 0 saturated heterocycles. The number of hydrogen-bond acceptors (Lipinski definition) is 4. The van der Waals surface area contributed by atoms with Gasteiger partial charge in [0.15, 0.2) is 0 Å². The molecule has 0 aliphatic heterocycles. The van der Waals surface area contributed by atoms with Gasteiger partial charge in [0.25, 0.3) is 0 Å². The van der Waals surface area contributed by atoms with E-state index in [4.69, 9.17) is 0 Å². The molecule has 0 spiro atoms. The van der Waals surface area contributed by atoms with Crippen molar-refractivity contribution in [2.75, 3.05) is 17.3 Å². The molecule has 1 N–H and O–H groups in total. The van der Waals surface area contributed by atoms with Crippen LogP contribution in [0, 0.1) is 6.92 Å². The van der Waals surface area contributed by atoms with Crippen LogP contribution in [0.4, 0.5) is 23.1 Å². The largest absolute Gasteiger partial charge is 0.329 e. The molecule has 1 aromatic heterocycles. The summed E-state index contributed by atoms with van der Waals surface area (Å²) in [4.78, 5) is 11.2. The first-order chi connectivity index (χ1) is 11.7. The maximum absolute atomic E-state index is 4.65. The molecule has 24 heavy (non-hydrogen) atoms. The van der Waals surface area contributed by atoms with Crippen LogP contribution in [-0.2, 0) is 6.42 Å². The monoisotopic (exact) mass is 318 g/mol. The Kier molecular flexibility index (Phi) is 4.75. The minimum atomic E-state index is 0.608. The molecule has 4 heteroatoms. The van der Waals surface area contributed by atoms with Gasteiger partial charge in [-0.15, -0.1) is 0 Å². The van der Waals surface area contributed by atoms with E-state index in [0.717, 1.165) is 29.3 Å². The maximum atomic E-state index is 4.65. The molecular formula is C20H22N4. The summed E-state index contributed by atoms with van der Waals surface area (Å²) in [5, 5.41) is 3.29. The predicted octanol–water partition coefficient (Wildman–Crippen LogP) is 4.86. The summed E-state index contributed by atoms with van der Waals surface area (Å²) in [7, 11) is 2.01. The van der Waals surface area contributed by atoms with Gasteiger partial charge in [-0.3, -0.25) is 0 Å². The number of rotatable bonds is 5. The topological polar surface area (TPSA) is 41.1 Å². The van der Waals surface area contributed by atoms with Crippen LogP contribution in [0.25, 0.3) is 0 Å². The van der Waals surface area contributed by atoms with Crippen LogP contribution in [0.1, 0.15) is 18.2 Å². The molecule has 0 saturated carbocycles. The summed E-state index contributed by atoms with van der Waals surface area (Å²) < 4.78 is 0. The van der Waals surface area contributed by atoms with E-state index in [0.29, 0.717) is 5.95 Å². The highest BCUT2D eigenvalue weighted by molar-refractivity contribution is 5.62. The molecule has 0 atom stereocenters. The third kappa shape index (κ3) is 3.71. The van der Waals surface area contributed by atoms with Crippen LogP contribution in [0.2, 0.25) is 0 Å². The molecule has 0 unspecified atom stereocenters. The van der Waals surface area contributed by atoms with Crippen LogP contribution in [-0.4, -0.2) is 17.0 Å². The molecule has 0 aliphatic rings. The Balaban J connectivity index is 1.85. The number of aryl methyl sites for hydroxylation is 2. The van der Waals surface area contributed by atoms with Crippen molar-refractivity contribution in [2.24, 2.45) is 0 Å². The molecule has 0 radical (unpaired) electrons. The smallest absolute Gasteiger partial charge is 0.229 e. The van der Waals surface area contributed by atoms with Gasteiger partial charge in [-0.2, -0.15) is 4.98 Å². The first kappa shape index (κ1) is 16.0. The van der Waals surface area contributed by atoms with Gasteiger partial charge in [0, 0.05) is 30.2 Å². The van der Waals surface area contributed by atoms with Gasteiger partial charge < -0.3 is 10.2 Å². The third-order valence-corrected chi connectivity index (χ3v) is 3.95. The molecule has 0 amide bonds. The summed E-state index contributed by atoms with van der Waals surface area (Å²) in [5.41, 5.74) is 4.32. The SMILES string of the molecule is CCc1ccc(Nc2nc(C)cc(N(C)c3ccccc3)n2)cc1. The molecule has 0 fully saturated rings. The summed E-state index contributed by atoms with van der Waals surface area (Å²) >= 11 is 0. The van der Waals surface area contributed by atoms with Gasteiger partial charge in [-0.25, -0.2) is 4.98 Å². The fourth-order valence-electron chi connectivity index (χ4n) is 2.52. The number of nitrogens with zero attached hydrogens (tertiary/aromatic N) is 3. The van der Waals surface area contributed by atoms with E-state index in [2.05, 4.69) is 63.5 Å². The Morgan fingerprint density at radius 2 is 1.67 bits per heavy atom. The van der Waals surface area contributed by atoms with Gasteiger partial charge in [-0.1, -0.05) is 37.3 Å². The normalized spacial score (nSPS) is 10.5. The lowest BCUT2D eigenvalue weighted by Crippen LogP contribution is -2.13. The van der Waals surface area contributed by atoms with Crippen molar-refractivity contribution in [3.05, 3.63) is 71.9 Å². The molecule has 0 aliphatic carbocycles. The number of anilines is 4. The molecule has 4 nitrogen and oxygen atoms in total. The van der Waals surface area contributed by atoms with Crippen LogP contribution in [0.3, 0.4) is 0 Å². The molecule has 2 aromatic carbocycles. The zero-order valence-corrected chi connectivity index (χ0v) is 14.3. The van der Waals surface area contributed by atoms with Crippen LogP contribution >= 0.6 is 0 Å². The van der Waals surface area contributed by atoms with E-state index in [-0.39, 0.29) is 0 Å². The zero-order valence-electron chi connectivity index (χ0n) is 14.3.